The lowest BCUT2D eigenvalue weighted by molar-refractivity contribution is -0.143. The van der Waals surface area contributed by atoms with Gasteiger partial charge < -0.3 is 24.8 Å². The van der Waals surface area contributed by atoms with E-state index in [1.807, 2.05) is 31.2 Å². The van der Waals surface area contributed by atoms with Crippen LogP contribution >= 0.6 is 0 Å². The largest absolute Gasteiger partial charge is 0.481 e. The van der Waals surface area contributed by atoms with Crippen LogP contribution in [-0.2, 0) is 19.1 Å². The van der Waals surface area contributed by atoms with Gasteiger partial charge in [0.1, 0.15) is 6.61 Å². The predicted octanol–water partition coefficient (Wildman–Crippen LogP) is 3.89. The minimum atomic E-state index is -0.950. The van der Waals surface area contributed by atoms with E-state index in [-0.39, 0.29) is 37.9 Å². The first kappa shape index (κ1) is 26.2. The van der Waals surface area contributed by atoms with Gasteiger partial charge in [-0.25, -0.2) is 4.79 Å². The topological polar surface area (TPSA) is 105 Å². The number of hydrogen-bond acceptors (Lipinski definition) is 5. The van der Waals surface area contributed by atoms with Crippen LogP contribution in [0.5, 0.6) is 0 Å². The zero-order chi connectivity index (χ0) is 25.4. The Morgan fingerprint density at radius 1 is 1.03 bits per heavy atom. The summed E-state index contributed by atoms with van der Waals surface area (Å²) in [5, 5.41) is 11.8. The molecular weight excluding hydrogens is 448 g/mol. The number of alkyl carbamates (subject to hydrolysis) is 1. The van der Waals surface area contributed by atoms with Gasteiger partial charge in [0.25, 0.3) is 0 Å². The number of amides is 2. The molecule has 1 aliphatic rings. The van der Waals surface area contributed by atoms with Gasteiger partial charge in [-0.3, -0.25) is 9.59 Å². The minimum absolute atomic E-state index is 0.0354. The highest BCUT2D eigenvalue weighted by atomic mass is 16.5. The molecule has 0 aromatic heterocycles. The van der Waals surface area contributed by atoms with E-state index in [2.05, 4.69) is 29.6 Å². The Morgan fingerprint density at radius 3 is 2.17 bits per heavy atom. The first-order chi connectivity index (χ1) is 16.8. The third-order valence-electron chi connectivity index (χ3n) is 6.27. The smallest absolute Gasteiger partial charge is 0.407 e. The number of carbonyl (C=O) groups excluding carboxylic acids is 2. The summed E-state index contributed by atoms with van der Waals surface area (Å²) in [6.07, 6.45) is -1.07. The Kier molecular flexibility index (Phi) is 9.25. The first-order valence-electron chi connectivity index (χ1n) is 12.1. The number of carboxylic acids is 1. The molecule has 0 aliphatic heterocycles. The number of fused-ring (bicyclic) bond motifs is 3. The van der Waals surface area contributed by atoms with Crippen molar-refractivity contribution in [3.05, 3.63) is 59.7 Å². The molecule has 3 rings (SSSR count). The lowest BCUT2D eigenvalue weighted by Gasteiger charge is -2.25. The van der Waals surface area contributed by atoms with Gasteiger partial charge in [0.2, 0.25) is 5.91 Å². The van der Waals surface area contributed by atoms with Crippen molar-refractivity contribution < 1.29 is 29.0 Å². The minimum Gasteiger partial charge on any atom is -0.481 e. The fourth-order valence-corrected chi connectivity index (χ4v) is 4.41. The summed E-state index contributed by atoms with van der Waals surface area (Å²) in [6, 6.07) is 16.2. The van der Waals surface area contributed by atoms with Gasteiger partial charge in [-0.1, -0.05) is 55.5 Å². The molecule has 0 saturated carbocycles. The predicted molar refractivity (Wildman–Crippen MR) is 132 cm³/mol. The molecule has 0 fully saturated rings. The molecule has 2 aromatic carbocycles. The normalized spacial score (nSPS) is 13.9. The Hall–Kier alpha value is -3.39. The lowest BCUT2D eigenvalue weighted by Crippen LogP contribution is -2.41. The number of nitrogens with zero attached hydrogens (tertiary/aromatic N) is 1. The van der Waals surface area contributed by atoms with Crippen LogP contribution in [0.25, 0.3) is 11.1 Å². The van der Waals surface area contributed by atoms with Gasteiger partial charge in [0.05, 0.1) is 18.4 Å². The number of aliphatic carboxylic acids is 1. The van der Waals surface area contributed by atoms with Crippen molar-refractivity contribution in [3.8, 4) is 11.1 Å². The second-order valence-corrected chi connectivity index (χ2v) is 8.66. The van der Waals surface area contributed by atoms with Crippen molar-refractivity contribution >= 4 is 18.0 Å². The van der Waals surface area contributed by atoms with Crippen LogP contribution in [0.1, 0.15) is 44.2 Å². The van der Waals surface area contributed by atoms with Crippen molar-refractivity contribution in [1.82, 2.24) is 10.2 Å². The number of carboxylic acid groups (broad SMARTS) is 1. The van der Waals surface area contributed by atoms with E-state index in [1.54, 1.807) is 13.8 Å². The SMILES string of the molecule is CCOC(CNC(=O)OCC1c2ccccc2-c2ccccc21)CC(=O)N(CC)CC(C)C(=O)O. The fourth-order valence-electron chi connectivity index (χ4n) is 4.41. The zero-order valence-electron chi connectivity index (χ0n) is 20.5. The van der Waals surface area contributed by atoms with Crippen LogP contribution < -0.4 is 5.32 Å². The van der Waals surface area contributed by atoms with Gasteiger partial charge in [0.15, 0.2) is 0 Å². The maximum absolute atomic E-state index is 12.7. The Labute approximate surface area is 206 Å². The van der Waals surface area contributed by atoms with Crippen molar-refractivity contribution in [2.75, 3.05) is 32.8 Å². The molecule has 0 bridgehead atoms. The van der Waals surface area contributed by atoms with Crippen LogP contribution in [0.4, 0.5) is 4.79 Å². The summed E-state index contributed by atoms with van der Waals surface area (Å²) in [5.41, 5.74) is 4.58. The standard InChI is InChI=1S/C27H34N2O6/c1-4-29(16-18(3)26(31)32)25(30)14-19(34-5-2)15-28-27(33)35-17-24-22-12-8-6-10-20(22)21-11-7-9-13-23(21)24/h6-13,18-19,24H,4-5,14-17H2,1-3H3,(H,28,33)(H,31,32). The molecule has 0 saturated heterocycles. The van der Waals surface area contributed by atoms with Crippen LogP contribution in [0.2, 0.25) is 0 Å². The van der Waals surface area contributed by atoms with Crippen molar-refractivity contribution in [3.63, 3.8) is 0 Å². The highest BCUT2D eigenvalue weighted by Crippen LogP contribution is 2.44. The maximum atomic E-state index is 12.7. The van der Waals surface area contributed by atoms with Gasteiger partial charge in [-0.15, -0.1) is 0 Å². The first-order valence-corrected chi connectivity index (χ1v) is 12.1. The highest BCUT2D eigenvalue weighted by Gasteiger charge is 2.29. The maximum Gasteiger partial charge on any atom is 0.407 e. The van der Waals surface area contributed by atoms with E-state index in [0.29, 0.717) is 13.2 Å². The lowest BCUT2D eigenvalue weighted by atomic mass is 9.98. The van der Waals surface area contributed by atoms with Crippen LogP contribution in [0, 0.1) is 5.92 Å². The molecule has 0 radical (unpaired) electrons. The number of rotatable bonds is 12. The van der Waals surface area contributed by atoms with E-state index in [9.17, 15) is 14.4 Å². The van der Waals surface area contributed by atoms with Crippen LogP contribution in [0.15, 0.2) is 48.5 Å². The quantitative estimate of drug-likeness (QED) is 0.476. The number of hydrogen-bond donors (Lipinski definition) is 2. The summed E-state index contributed by atoms with van der Waals surface area (Å²) < 4.78 is 11.2. The van der Waals surface area contributed by atoms with E-state index in [4.69, 9.17) is 14.6 Å². The van der Waals surface area contributed by atoms with Crippen molar-refractivity contribution in [1.29, 1.82) is 0 Å². The molecule has 0 heterocycles. The monoisotopic (exact) mass is 482 g/mol. The van der Waals surface area contributed by atoms with Crippen molar-refractivity contribution in [2.45, 2.75) is 39.2 Å². The summed E-state index contributed by atoms with van der Waals surface area (Å²) in [7, 11) is 0. The molecule has 2 atom stereocenters. The summed E-state index contributed by atoms with van der Waals surface area (Å²) in [6.45, 7) is 6.40. The molecular formula is C27H34N2O6. The Balaban J connectivity index is 1.54. The molecule has 8 heteroatoms. The zero-order valence-corrected chi connectivity index (χ0v) is 20.5. The molecule has 2 amide bonds. The molecule has 2 N–H and O–H groups in total. The highest BCUT2D eigenvalue weighted by molar-refractivity contribution is 5.79. The average Bonchev–Trinajstić information content (AvgIpc) is 3.18. The third kappa shape index (κ3) is 6.60. The molecule has 2 unspecified atom stereocenters. The van der Waals surface area contributed by atoms with Gasteiger partial charge in [0, 0.05) is 32.2 Å². The Bertz CT molecular complexity index is 994. The second kappa shape index (κ2) is 12.4. The van der Waals surface area contributed by atoms with E-state index >= 15 is 0 Å². The number of carbonyl (C=O) groups is 3. The molecule has 35 heavy (non-hydrogen) atoms. The van der Waals surface area contributed by atoms with Gasteiger partial charge in [-0.2, -0.15) is 0 Å². The van der Waals surface area contributed by atoms with E-state index in [0.717, 1.165) is 22.3 Å². The van der Waals surface area contributed by atoms with Crippen molar-refractivity contribution in [2.24, 2.45) is 5.92 Å². The number of ether oxygens (including phenoxy) is 2. The molecule has 2 aromatic rings. The summed E-state index contributed by atoms with van der Waals surface area (Å²) >= 11 is 0. The fraction of sp³-hybridized carbons (Fsp3) is 0.444. The van der Waals surface area contributed by atoms with Gasteiger partial charge in [-0.05, 0) is 36.1 Å². The van der Waals surface area contributed by atoms with Crippen LogP contribution in [0.3, 0.4) is 0 Å². The third-order valence-corrected chi connectivity index (χ3v) is 6.27. The summed E-state index contributed by atoms with van der Waals surface area (Å²) in [4.78, 5) is 37.8. The van der Waals surface area contributed by atoms with Crippen LogP contribution in [-0.4, -0.2) is 66.9 Å². The van der Waals surface area contributed by atoms with E-state index in [1.165, 1.54) is 4.90 Å². The molecule has 8 nitrogen and oxygen atoms in total. The molecule has 1 aliphatic carbocycles. The number of nitrogens with one attached hydrogen (secondary N) is 1. The Morgan fingerprint density at radius 2 is 1.63 bits per heavy atom. The summed E-state index contributed by atoms with van der Waals surface area (Å²) in [5.74, 6) is -1.86. The average molecular weight is 483 g/mol. The van der Waals surface area contributed by atoms with Gasteiger partial charge >= 0.3 is 12.1 Å². The molecule has 0 spiro atoms. The second-order valence-electron chi connectivity index (χ2n) is 8.66. The number of benzene rings is 2. The molecule has 188 valence electrons. The van der Waals surface area contributed by atoms with E-state index < -0.39 is 24.1 Å².